The summed E-state index contributed by atoms with van der Waals surface area (Å²) in [4.78, 5) is 38.4. The van der Waals surface area contributed by atoms with Gasteiger partial charge in [0.15, 0.2) is 0 Å². The van der Waals surface area contributed by atoms with Crippen molar-refractivity contribution in [2.45, 2.75) is 39.2 Å². The van der Waals surface area contributed by atoms with Gasteiger partial charge in [-0.2, -0.15) is 0 Å². The van der Waals surface area contributed by atoms with Gasteiger partial charge in [-0.05, 0) is 38.1 Å². The van der Waals surface area contributed by atoms with E-state index < -0.39 is 11.6 Å². The van der Waals surface area contributed by atoms with Crippen molar-refractivity contribution in [2.75, 3.05) is 25.0 Å². The lowest BCUT2D eigenvalue weighted by Crippen LogP contribution is -2.49. The van der Waals surface area contributed by atoms with Gasteiger partial charge >= 0.3 is 5.97 Å². The first-order valence-corrected chi connectivity index (χ1v) is 9.11. The highest BCUT2D eigenvalue weighted by Crippen LogP contribution is 2.41. The molecule has 1 saturated heterocycles. The number of ether oxygens (including phenoxy) is 2. The van der Waals surface area contributed by atoms with Gasteiger partial charge in [0, 0.05) is 44.1 Å². The number of benzene rings is 1. The SMILES string of the molecule is CCOc1ccc(NC(=O)C2=C(C)C(=O)OC23CCN(C(C)=O)CC3)cc1. The van der Waals surface area contributed by atoms with E-state index in [1.165, 1.54) is 6.92 Å². The summed E-state index contributed by atoms with van der Waals surface area (Å²) in [5.41, 5.74) is 0.348. The van der Waals surface area contributed by atoms with Crippen LogP contribution in [0.15, 0.2) is 35.4 Å². The van der Waals surface area contributed by atoms with Crippen LogP contribution in [0.25, 0.3) is 0 Å². The predicted octanol–water partition coefficient (Wildman–Crippen LogP) is 2.28. The molecule has 1 aromatic carbocycles. The Balaban J connectivity index is 1.78. The number of carbonyl (C=O) groups excluding carboxylic acids is 3. The molecule has 7 heteroatoms. The van der Waals surface area contributed by atoms with E-state index in [9.17, 15) is 14.4 Å². The van der Waals surface area contributed by atoms with Crippen molar-refractivity contribution in [3.8, 4) is 5.75 Å². The molecule has 2 heterocycles. The Morgan fingerprint density at radius 1 is 1.22 bits per heavy atom. The van der Waals surface area contributed by atoms with Crippen LogP contribution in [0.1, 0.15) is 33.6 Å². The van der Waals surface area contributed by atoms with Crippen LogP contribution in [0, 0.1) is 0 Å². The van der Waals surface area contributed by atoms with Gasteiger partial charge in [-0.3, -0.25) is 9.59 Å². The smallest absolute Gasteiger partial charge is 0.335 e. The normalized spacial score (nSPS) is 18.5. The summed E-state index contributed by atoms with van der Waals surface area (Å²) < 4.78 is 11.0. The monoisotopic (exact) mass is 372 g/mol. The van der Waals surface area contributed by atoms with Crippen LogP contribution in [0.5, 0.6) is 5.75 Å². The number of amides is 2. The Hall–Kier alpha value is -2.83. The Morgan fingerprint density at radius 3 is 2.41 bits per heavy atom. The number of rotatable bonds is 4. The first-order valence-electron chi connectivity index (χ1n) is 9.11. The molecule has 2 aliphatic rings. The largest absolute Gasteiger partial charge is 0.494 e. The molecule has 0 bridgehead atoms. The predicted molar refractivity (Wildman–Crippen MR) is 99.3 cm³/mol. The van der Waals surface area contributed by atoms with Gasteiger partial charge in [-0.1, -0.05) is 0 Å². The fraction of sp³-hybridized carbons (Fsp3) is 0.450. The van der Waals surface area contributed by atoms with E-state index >= 15 is 0 Å². The molecule has 1 spiro atoms. The third-order valence-electron chi connectivity index (χ3n) is 5.09. The fourth-order valence-corrected chi connectivity index (χ4v) is 3.66. The zero-order chi connectivity index (χ0) is 19.6. The van der Waals surface area contributed by atoms with E-state index in [0.717, 1.165) is 5.75 Å². The van der Waals surface area contributed by atoms with Crippen molar-refractivity contribution in [1.29, 1.82) is 0 Å². The van der Waals surface area contributed by atoms with Gasteiger partial charge in [-0.25, -0.2) is 4.79 Å². The van der Waals surface area contributed by atoms with Crippen LogP contribution in [0.3, 0.4) is 0 Å². The minimum absolute atomic E-state index is 0.0183. The third kappa shape index (κ3) is 3.67. The summed E-state index contributed by atoms with van der Waals surface area (Å²) in [6.07, 6.45) is 0.837. The highest BCUT2D eigenvalue weighted by atomic mass is 16.6. The molecular formula is C20H24N2O5. The number of esters is 1. The molecule has 0 aliphatic carbocycles. The van der Waals surface area contributed by atoms with E-state index in [-0.39, 0.29) is 11.8 Å². The number of hydrogen-bond acceptors (Lipinski definition) is 5. The molecule has 0 atom stereocenters. The molecule has 0 saturated carbocycles. The maximum Gasteiger partial charge on any atom is 0.335 e. The first-order chi connectivity index (χ1) is 12.9. The number of anilines is 1. The van der Waals surface area contributed by atoms with Crippen molar-refractivity contribution in [1.82, 2.24) is 4.90 Å². The van der Waals surface area contributed by atoms with Gasteiger partial charge in [0.2, 0.25) is 5.91 Å². The lowest BCUT2D eigenvalue weighted by atomic mass is 9.82. The number of nitrogens with one attached hydrogen (secondary N) is 1. The number of nitrogens with zero attached hydrogens (tertiary/aromatic N) is 1. The second-order valence-electron chi connectivity index (χ2n) is 6.80. The van der Waals surface area contributed by atoms with Crippen LogP contribution in [-0.4, -0.2) is 48.0 Å². The fourth-order valence-electron chi connectivity index (χ4n) is 3.66. The van der Waals surface area contributed by atoms with Crippen molar-refractivity contribution < 1.29 is 23.9 Å². The summed E-state index contributed by atoms with van der Waals surface area (Å²) in [5, 5.41) is 2.84. The molecule has 0 unspecified atom stereocenters. The second kappa shape index (κ2) is 7.42. The van der Waals surface area contributed by atoms with Crippen molar-refractivity contribution in [3.05, 3.63) is 35.4 Å². The molecule has 7 nitrogen and oxygen atoms in total. The molecule has 27 heavy (non-hydrogen) atoms. The van der Waals surface area contributed by atoms with E-state index in [2.05, 4.69) is 5.32 Å². The van der Waals surface area contributed by atoms with E-state index in [4.69, 9.17) is 9.47 Å². The summed E-state index contributed by atoms with van der Waals surface area (Å²) in [5.74, 6) is -0.115. The highest BCUT2D eigenvalue weighted by Gasteiger charge is 2.51. The summed E-state index contributed by atoms with van der Waals surface area (Å²) in [6, 6.07) is 7.05. The minimum atomic E-state index is -0.956. The molecule has 0 radical (unpaired) electrons. The zero-order valence-electron chi connectivity index (χ0n) is 15.8. The summed E-state index contributed by atoms with van der Waals surface area (Å²) >= 11 is 0. The Labute approximate surface area is 158 Å². The Morgan fingerprint density at radius 2 is 1.85 bits per heavy atom. The molecule has 3 rings (SSSR count). The van der Waals surface area contributed by atoms with Gasteiger partial charge in [0.1, 0.15) is 11.4 Å². The molecule has 144 valence electrons. The van der Waals surface area contributed by atoms with Crippen molar-refractivity contribution in [2.24, 2.45) is 0 Å². The summed E-state index contributed by atoms with van der Waals surface area (Å²) in [7, 11) is 0. The molecular weight excluding hydrogens is 348 g/mol. The highest BCUT2D eigenvalue weighted by molar-refractivity contribution is 6.12. The van der Waals surface area contributed by atoms with Gasteiger partial charge in [0.25, 0.3) is 5.91 Å². The van der Waals surface area contributed by atoms with Gasteiger partial charge < -0.3 is 19.7 Å². The van der Waals surface area contributed by atoms with Gasteiger partial charge in [-0.15, -0.1) is 0 Å². The third-order valence-corrected chi connectivity index (χ3v) is 5.09. The van der Waals surface area contributed by atoms with Crippen LogP contribution in [-0.2, 0) is 19.1 Å². The molecule has 2 aliphatic heterocycles. The average Bonchev–Trinajstić information content (AvgIpc) is 2.87. The van der Waals surface area contributed by atoms with Crippen LogP contribution < -0.4 is 10.1 Å². The van der Waals surface area contributed by atoms with E-state index in [0.29, 0.717) is 49.4 Å². The maximum atomic E-state index is 13.0. The maximum absolute atomic E-state index is 13.0. The van der Waals surface area contributed by atoms with E-state index in [1.807, 2.05) is 6.92 Å². The topological polar surface area (TPSA) is 84.9 Å². The lowest BCUT2D eigenvalue weighted by molar-refractivity contribution is -0.152. The van der Waals surface area contributed by atoms with Crippen molar-refractivity contribution in [3.63, 3.8) is 0 Å². The Kier molecular flexibility index (Phi) is 5.21. The van der Waals surface area contributed by atoms with Crippen LogP contribution >= 0.6 is 0 Å². The minimum Gasteiger partial charge on any atom is -0.494 e. The molecule has 1 fully saturated rings. The molecule has 0 aromatic heterocycles. The molecule has 1 N–H and O–H groups in total. The number of carbonyl (C=O) groups is 3. The van der Waals surface area contributed by atoms with Crippen LogP contribution in [0.2, 0.25) is 0 Å². The Bertz CT molecular complexity index is 789. The standard InChI is InChI=1S/C20H24N2O5/c1-4-26-16-7-5-15(6-8-16)21-18(24)17-13(2)19(25)27-20(17)9-11-22(12-10-20)14(3)23/h5-8H,4,9-12H2,1-3H3,(H,21,24). The number of piperidine rings is 1. The van der Waals surface area contributed by atoms with Crippen molar-refractivity contribution >= 4 is 23.5 Å². The summed E-state index contributed by atoms with van der Waals surface area (Å²) in [6.45, 7) is 6.50. The zero-order valence-corrected chi connectivity index (χ0v) is 15.8. The molecule has 2 amide bonds. The quantitative estimate of drug-likeness (QED) is 0.820. The number of hydrogen-bond donors (Lipinski definition) is 1. The van der Waals surface area contributed by atoms with E-state index in [1.54, 1.807) is 36.1 Å². The number of likely N-dealkylation sites (tertiary alicyclic amines) is 1. The first kappa shape index (κ1) is 18.9. The second-order valence-corrected chi connectivity index (χ2v) is 6.80. The lowest BCUT2D eigenvalue weighted by Gasteiger charge is -2.39. The molecule has 1 aromatic rings. The average molecular weight is 372 g/mol. The van der Waals surface area contributed by atoms with Crippen LogP contribution in [0.4, 0.5) is 5.69 Å². The van der Waals surface area contributed by atoms with Gasteiger partial charge in [0.05, 0.1) is 12.2 Å².